The Morgan fingerprint density at radius 3 is 2.51 bits per heavy atom. The molecular formula is C25H17BrFN3O6S. The number of anilines is 1. The average molecular weight is 586 g/mol. The zero-order valence-corrected chi connectivity index (χ0v) is 21.5. The second-order valence-corrected chi connectivity index (χ2v) is 8.90. The van der Waals surface area contributed by atoms with Crippen molar-refractivity contribution in [3.63, 3.8) is 0 Å². The maximum absolute atomic E-state index is 14.4. The van der Waals surface area contributed by atoms with Crippen LogP contribution in [0.1, 0.15) is 11.1 Å². The van der Waals surface area contributed by atoms with Crippen LogP contribution in [0.2, 0.25) is 0 Å². The summed E-state index contributed by atoms with van der Waals surface area (Å²) >= 11 is 8.52. The molecule has 3 aromatic carbocycles. The van der Waals surface area contributed by atoms with E-state index >= 15 is 0 Å². The van der Waals surface area contributed by atoms with E-state index in [-0.39, 0.29) is 28.7 Å². The van der Waals surface area contributed by atoms with Crippen molar-refractivity contribution in [3.05, 3.63) is 97.8 Å². The van der Waals surface area contributed by atoms with E-state index in [1.54, 1.807) is 30.3 Å². The molecule has 3 aromatic rings. The van der Waals surface area contributed by atoms with E-state index in [9.17, 15) is 24.1 Å². The fourth-order valence-electron chi connectivity index (χ4n) is 3.51. The van der Waals surface area contributed by atoms with Gasteiger partial charge in [0.1, 0.15) is 18.0 Å². The highest BCUT2D eigenvalue weighted by atomic mass is 79.9. The van der Waals surface area contributed by atoms with E-state index in [0.29, 0.717) is 27.1 Å². The number of nitrogens with zero attached hydrogens (tertiary/aromatic N) is 2. The number of non-ortho nitro benzene ring substituents is 1. The number of rotatable bonds is 7. The van der Waals surface area contributed by atoms with Crippen molar-refractivity contribution in [2.45, 2.75) is 6.61 Å². The van der Waals surface area contributed by atoms with Crippen LogP contribution in [0.15, 0.2) is 70.7 Å². The highest BCUT2D eigenvalue weighted by Crippen LogP contribution is 2.38. The number of para-hydroxylation sites is 1. The molecule has 0 aromatic heterocycles. The van der Waals surface area contributed by atoms with E-state index in [1.165, 1.54) is 43.5 Å². The van der Waals surface area contributed by atoms with Gasteiger partial charge in [0, 0.05) is 12.1 Å². The summed E-state index contributed by atoms with van der Waals surface area (Å²) in [4.78, 5) is 37.0. The molecule has 0 aliphatic carbocycles. The number of nitrogens with one attached hydrogen (secondary N) is 1. The van der Waals surface area contributed by atoms with Crippen LogP contribution in [0.5, 0.6) is 11.5 Å². The number of carbonyl (C=O) groups is 2. The number of hydrogen-bond acceptors (Lipinski definition) is 7. The second kappa shape index (κ2) is 10.8. The summed E-state index contributed by atoms with van der Waals surface area (Å²) in [6.45, 7) is 0.101. The van der Waals surface area contributed by atoms with Gasteiger partial charge in [-0.1, -0.05) is 12.1 Å². The molecule has 0 unspecified atom stereocenters. The van der Waals surface area contributed by atoms with Crippen molar-refractivity contribution in [1.82, 2.24) is 5.32 Å². The number of carbonyl (C=O) groups excluding carboxylic acids is 2. The third kappa shape index (κ3) is 5.49. The van der Waals surface area contributed by atoms with Crippen LogP contribution in [0.4, 0.5) is 15.8 Å². The Morgan fingerprint density at radius 1 is 1.16 bits per heavy atom. The van der Waals surface area contributed by atoms with Crippen LogP contribution in [0.3, 0.4) is 0 Å². The lowest BCUT2D eigenvalue weighted by molar-refractivity contribution is -0.384. The number of ether oxygens (including phenoxy) is 2. The maximum atomic E-state index is 14.4. The van der Waals surface area contributed by atoms with Gasteiger partial charge in [0.05, 0.1) is 22.2 Å². The van der Waals surface area contributed by atoms with Gasteiger partial charge in [-0.2, -0.15) is 0 Å². The fraction of sp³-hybridized carbons (Fsp3) is 0.0800. The lowest BCUT2D eigenvalue weighted by Gasteiger charge is -2.29. The van der Waals surface area contributed by atoms with Gasteiger partial charge in [-0.15, -0.1) is 0 Å². The summed E-state index contributed by atoms with van der Waals surface area (Å²) in [6.07, 6.45) is 1.33. The maximum Gasteiger partial charge on any atom is 0.270 e. The number of nitro benzene ring substituents is 1. The van der Waals surface area contributed by atoms with Crippen LogP contribution >= 0.6 is 28.1 Å². The molecule has 1 fully saturated rings. The molecule has 9 nitrogen and oxygen atoms in total. The molecule has 188 valence electrons. The first-order valence-electron chi connectivity index (χ1n) is 10.6. The Bertz CT molecular complexity index is 1460. The molecule has 1 saturated heterocycles. The molecule has 1 heterocycles. The lowest BCUT2D eigenvalue weighted by atomic mass is 10.1. The van der Waals surface area contributed by atoms with E-state index < -0.39 is 22.6 Å². The van der Waals surface area contributed by atoms with E-state index in [0.717, 1.165) is 4.90 Å². The minimum absolute atomic E-state index is 0.0319. The molecule has 4 rings (SSSR count). The molecular weight excluding hydrogens is 569 g/mol. The summed E-state index contributed by atoms with van der Waals surface area (Å²) in [7, 11) is 1.42. The molecule has 0 radical (unpaired) electrons. The number of benzene rings is 3. The highest BCUT2D eigenvalue weighted by molar-refractivity contribution is 9.10. The monoisotopic (exact) mass is 585 g/mol. The number of thiocarbonyl (C=S) groups is 1. The smallest absolute Gasteiger partial charge is 0.270 e. The topological polar surface area (TPSA) is 111 Å². The third-order valence-electron chi connectivity index (χ3n) is 5.29. The van der Waals surface area contributed by atoms with E-state index in [4.69, 9.17) is 21.7 Å². The Hall–Kier alpha value is -4.16. The molecule has 0 atom stereocenters. The standard InChI is InChI=1S/C25H17BrFN3O6S/c1-35-21-12-15(11-18(26)22(21)36-13-14-6-8-16(9-7-14)30(33)34)10-17-23(31)28-25(37)29(24(17)32)20-5-3-2-4-19(20)27/h2-12H,13H2,1H3,(H,28,31,37)/b17-10+. The molecule has 37 heavy (non-hydrogen) atoms. The molecule has 1 aliphatic rings. The summed E-state index contributed by atoms with van der Waals surface area (Å²) in [6, 6.07) is 14.7. The summed E-state index contributed by atoms with van der Waals surface area (Å²) < 4.78 is 26.1. The first-order valence-corrected chi connectivity index (χ1v) is 11.8. The predicted molar refractivity (Wildman–Crippen MR) is 141 cm³/mol. The van der Waals surface area contributed by atoms with Crippen LogP contribution < -0.4 is 19.7 Å². The van der Waals surface area contributed by atoms with Crippen molar-refractivity contribution in [3.8, 4) is 11.5 Å². The zero-order chi connectivity index (χ0) is 26.7. The van der Waals surface area contributed by atoms with Gasteiger partial charge in [-0.3, -0.25) is 25.0 Å². The van der Waals surface area contributed by atoms with E-state index in [2.05, 4.69) is 21.2 Å². The minimum Gasteiger partial charge on any atom is -0.493 e. The van der Waals surface area contributed by atoms with Gasteiger partial charge < -0.3 is 9.47 Å². The Kier molecular flexibility index (Phi) is 7.60. The minimum atomic E-state index is -0.785. The number of amides is 2. The van der Waals surface area contributed by atoms with Crippen molar-refractivity contribution in [1.29, 1.82) is 0 Å². The molecule has 2 amide bonds. The molecule has 0 saturated carbocycles. The predicted octanol–water partition coefficient (Wildman–Crippen LogP) is 4.92. The first-order chi connectivity index (χ1) is 17.7. The van der Waals surface area contributed by atoms with Crippen molar-refractivity contribution < 1.29 is 28.4 Å². The van der Waals surface area contributed by atoms with Gasteiger partial charge >= 0.3 is 0 Å². The normalized spacial score (nSPS) is 14.5. The largest absolute Gasteiger partial charge is 0.493 e. The third-order valence-corrected chi connectivity index (χ3v) is 6.16. The van der Waals surface area contributed by atoms with Crippen molar-refractivity contribution in [2.75, 3.05) is 12.0 Å². The van der Waals surface area contributed by atoms with Crippen molar-refractivity contribution >= 4 is 62.5 Å². The first kappa shape index (κ1) is 25.9. The highest BCUT2D eigenvalue weighted by Gasteiger charge is 2.35. The molecule has 1 aliphatic heterocycles. The van der Waals surface area contributed by atoms with Gasteiger partial charge in [0.25, 0.3) is 17.5 Å². The van der Waals surface area contributed by atoms with Crippen LogP contribution in [0, 0.1) is 15.9 Å². The Balaban J connectivity index is 1.62. The number of hydrogen-bond donors (Lipinski definition) is 1. The summed E-state index contributed by atoms with van der Waals surface area (Å²) in [5.74, 6) is -1.54. The van der Waals surface area contributed by atoms with Gasteiger partial charge in [-0.25, -0.2) is 9.29 Å². The molecule has 0 spiro atoms. The van der Waals surface area contributed by atoms with Crippen LogP contribution in [-0.2, 0) is 16.2 Å². The lowest BCUT2D eigenvalue weighted by Crippen LogP contribution is -2.54. The van der Waals surface area contributed by atoms with Gasteiger partial charge in [0.15, 0.2) is 16.6 Å². The Labute approximate surface area is 223 Å². The number of methoxy groups -OCH3 is 1. The van der Waals surface area contributed by atoms with Crippen molar-refractivity contribution in [2.24, 2.45) is 0 Å². The fourth-order valence-corrected chi connectivity index (χ4v) is 4.36. The molecule has 0 bridgehead atoms. The van der Waals surface area contributed by atoms with Gasteiger partial charge in [-0.05, 0) is 81.7 Å². The second-order valence-electron chi connectivity index (χ2n) is 7.66. The van der Waals surface area contributed by atoms with Gasteiger partial charge in [0.2, 0.25) is 0 Å². The zero-order valence-electron chi connectivity index (χ0n) is 19.1. The number of nitro groups is 1. The molecule has 1 N–H and O–H groups in total. The quantitative estimate of drug-likeness (QED) is 0.138. The summed E-state index contributed by atoms with van der Waals surface area (Å²) in [5.41, 5.74) is 0.740. The van der Waals surface area contributed by atoms with Crippen LogP contribution in [-0.4, -0.2) is 29.0 Å². The Morgan fingerprint density at radius 2 is 1.86 bits per heavy atom. The average Bonchev–Trinajstić information content (AvgIpc) is 2.87. The SMILES string of the molecule is COc1cc(/C=C2\C(=O)NC(=S)N(c3ccccc3F)C2=O)cc(Br)c1OCc1ccc([N+](=O)[O-])cc1. The van der Waals surface area contributed by atoms with Crippen LogP contribution in [0.25, 0.3) is 6.08 Å². The van der Waals surface area contributed by atoms with E-state index in [1.807, 2.05) is 0 Å². The summed E-state index contributed by atoms with van der Waals surface area (Å²) in [5, 5.41) is 13.0. The number of halogens is 2. The molecule has 12 heteroatoms.